The number of piperidine rings is 1. The predicted molar refractivity (Wildman–Crippen MR) is 80.1 cm³/mol. The monoisotopic (exact) mass is 362 g/mol. The highest BCUT2D eigenvalue weighted by molar-refractivity contribution is 5.77. The van der Waals surface area contributed by atoms with Crippen LogP contribution in [0.1, 0.15) is 24.8 Å². The average Bonchev–Trinajstić information content (AvgIpc) is 2.91. The number of nitrogens with one attached hydrogen (secondary N) is 1. The zero-order valence-corrected chi connectivity index (χ0v) is 13.2. The molecular formula is C16H18F4N2O3. The number of hydrogen-bond acceptors (Lipinski definition) is 3. The molecule has 2 N–H and O–H groups in total. The fraction of sp³-hybridized carbons (Fsp3) is 0.500. The molecule has 2 atom stereocenters. The number of amides is 1. The molecule has 0 radical (unpaired) electrons. The van der Waals surface area contributed by atoms with Gasteiger partial charge in [-0.25, -0.2) is 9.18 Å². The number of fused-ring (bicyclic) bond motifs is 1. The van der Waals surface area contributed by atoms with E-state index in [2.05, 4.69) is 10.2 Å². The molecule has 0 spiro atoms. The van der Waals surface area contributed by atoms with Gasteiger partial charge in [-0.05, 0) is 30.5 Å². The van der Waals surface area contributed by atoms with E-state index in [-0.39, 0.29) is 11.7 Å². The van der Waals surface area contributed by atoms with Crippen molar-refractivity contribution in [2.45, 2.75) is 44.1 Å². The zero-order valence-electron chi connectivity index (χ0n) is 13.2. The van der Waals surface area contributed by atoms with Gasteiger partial charge in [-0.15, -0.1) is 0 Å². The summed E-state index contributed by atoms with van der Waals surface area (Å²) < 4.78 is 44.6. The van der Waals surface area contributed by atoms with Crippen molar-refractivity contribution in [3.8, 4) is 0 Å². The highest BCUT2D eigenvalue weighted by Crippen LogP contribution is 2.27. The third-order valence-electron chi connectivity index (χ3n) is 4.22. The van der Waals surface area contributed by atoms with Crippen LogP contribution in [-0.4, -0.2) is 46.7 Å². The Morgan fingerprint density at radius 3 is 2.40 bits per heavy atom. The fourth-order valence-electron chi connectivity index (χ4n) is 3.05. The molecular weight excluding hydrogens is 344 g/mol. The largest absolute Gasteiger partial charge is 0.490 e. The van der Waals surface area contributed by atoms with Crippen molar-refractivity contribution in [3.63, 3.8) is 0 Å². The van der Waals surface area contributed by atoms with Crippen molar-refractivity contribution in [2.24, 2.45) is 0 Å². The number of halogens is 4. The van der Waals surface area contributed by atoms with Gasteiger partial charge in [0, 0.05) is 31.6 Å². The second kappa shape index (κ2) is 7.81. The van der Waals surface area contributed by atoms with Crippen molar-refractivity contribution in [1.29, 1.82) is 0 Å². The Morgan fingerprint density at radius 1 is 1.24 bits per heavy atom. The summed E-state index contributed by atoms with van der Waals surface area (Å²) in [5, 5.41) is 10.2. The fourth-order valence-corrected chi connectivity index (χ4v) is 3.05. The number of likely N-dealkylation sites (tertiary alicyclic amines) is 1. The van der Waals surface area contributed by atoms with Gasteiger partial charge in [-0.3, -0.25) is 9.69 Å². The van der Waals surface area contributed by atoms with E-state index >= 15 is 0 Å². The van der Waals surface area contributed by atoms with E-state index in [0.717, 1.165) is 31.5 Å². The molecule has 0 unspecified atom stereocenters. The van der Waals surface area contributed by atoms with E-state index in [1.807, 2.05) is 12.1 Å². The van der Waals surface area contributed by atoms with Gasteiger partial charge in [0.15, 0.2) is 0 Å². The molecule has 2 aliphatic rings. The highest BCUT2D eigenvalue weighted by atomic mass is 19.4. The number of carbonyl (C=O) groups is 2. The SMILES string of the molecule is O=C(O)C(F)(F)F.O=C1CC[C@H]2[C@@H](CCN2Cc2ccc(F)cc2)N1. The number of rotatable bonds is 2. The van der Waals surface area contributed by atoms with Gasteiger partial charge in [-0.2, -0.15) is 13.2 Å². The molecule has 1 aromatic rings. The van der Waals surface area contributed by atoms with Gasteiger partial charge in [-0.1, -0.05) is 12.1 Å². The van der Waals surface area contributed by atoms with Gasteiger partial charge < -0.3 is 10.4 Å². The molecule has 9 heteroatoms. The Labute approximate surface area is 141 Å². The molecule has 0 aliphatic carbocycles. The lowest BCUT2D eigenvalue weighted by molar-refractivity contribution is -0.192. The second-order valence-corrected chi connectivity index (χ2v) is 5.97. The summed E-state index contributed by atoms with van der Waals surface area (Å²) in [7, 11) is 0. The lowest BCUT2D eigenvalue weighted by atomic mass is 9.99. The first-order chi connectivity index (χ1) is 11.7. The van der Waals surface area contributed by atoms with E-state index < -0.39 is 12.1 Å². The number of nitrogens with zero attached hydrogens (tertiary/aromatic N) is 1. The number of benzene rings is 1. The van der Waals surface area contributed by atoms with Crippen molar-refractivity contribution < 1.29 is 32.3 Å². The van der Waals surface area contributed by atoms with Crippen LogP contribution in [0.15, 0.2) is 24.3 Å². The molecule has 25 heavy (non-hydrogen) atoms. The maximum absolute atomic E-state index is 12.9. The van der Waals surface area contributed by atoms with Crippen LogP contribution >= 0.6 is 0 Å². The van der Waals surface area contributed by atoms with Crippen molar-refractivity contribution in [3.05, 3.63) is 35.6 Å². The van der Waals surface area contributed by atoms with Crippen molar-refractivity contribution in [1.82, 2.24) is 10.2 Å². The molecule has 0 bridgehead atoms. The van der Waals surface area contributed by atoms with Crippen LogP contribution in [0.25, 0.3) is 0 Å². The summed E-state index contributed by atoms with van der Waals surface area (Å²) in [6.07, 6.45) is -2.49. The summed E-state index contributed by atoms with van der Waals surface area (Å²) in [6.45, 7) is 1.85. The van der Waals surface area contributed by atoms with Gasteiger partial charge in [0.05, 0.1) is 0 Å². The quantitative estimate of drug-likeness (QED) is 0.793. The minimum atomic E-state index is -5.08. The number of carbonyl (C=O) groups excluding carboxylic acids is 1. The van der Waals surface area contributed by atoms with Gasteiger partial charge in [0.2, 0.25) is 5.91 Å². The minimum absolute atomic E-state index is 0.180. The highest BCUT2D eigenvalue weighted by Gasteiger charge is 2.38. The van der Waals surface area contributed by atoms with Crippen LogP contribution < -0.4 is 5.32 Å². The maximum Gasteiger partial charge on any atom is 0.490 e. The molecule has 138 valence electrons. The first-order valence-electron chi connectivity index (χ1n) is 7.75. The normalized spacial score (nSPS) is 23.3. The Balaban J connectivity index is 0.000000277. The van der Waals surface area contributed by atoms with E-state index in [1.54, 1.807) is 0 Å². The molecule has 1 amide bonds. The van der Waals surface area contributed by atoms with Crippen LogP contribution in [0.5, 0.6) is 0 Å². The molecule has 2 aliphatic heterocycles. The van der Waals surface area contributed by atoms with Gasteiger partial charge >= 0.3 is 12.1 Å². The van der Waals surface area contributed by atoms with E-state index in [4.69, 9.17) is 9.90 Å². The van der Waals surface area contributed by atoms with E-state index in [1.165, 1.54) is 12.1 Å². The van der Waals surface area contributed by atoms with Crippen LogP contribution in [0.4, 0.5) is 17.6 Å². The first-order valence-corrected chi connectivity index (χ1v) is 7.75. The summed E-state index contributed by atoms with van der Waals surface area (Å²) in [4.78, 5) is 22.6. The lowest BCUT2D eigenvalue weighted by Crippen LogP contribution is -2.49. The summed E-state index contributed by atoms with van der Waals surface area (Å²) >= 11 is 0. The Kier molecular flexibility index (Phi) is 5.99. The standard InChI is InChI=1S/C14H17FN2O.C2HF3O2/c15-11-3-1-10(2-4-11)9-17-8-7-12-13(17)5-6-14(18)16-12;3-2(4,5)1(6)7/h1-4,12-13H,5-9H2,(H,16,18);(H,6,7)/t12-,13+;/m1./s1. The molecule has 2 heterocycles. The van der Waals surface area contributed by atoms with Gasteiger partial charge in [0.25, 0.3) is 0 Å². The van der Waals surface area contributed by atoms with Gasteiger partial charge in [0.1, 0.15) is 5.82 Å². The Bertz CT molecular complexity index is 619. The molecule has 3 rings (SSSR count). The summed E-state index contributed by atoms with van der Waals surface area (Å²) in [5.41, 5.74) is 1.13. The zero-order chi connectivity index (χ0) is 18.6. The molecule has 0 aromatic heterocycles. The maximum atomic E-state index is 12.9. The smallest absolute Gasteiger partial charge is 0.475 e. The number of carboxylic acid groups (broad SMARTS) is 1. The van der Waals surface area contributed by atoms with Crippen LogP contribution in [-0.2, 0) is 16.1 Å². The number of aliphatic carboxylic acids is 1. The Morgan fingerprint density at radius 2 is 1.84 bits per heavy atom. The molecule has 2 fully saturated rings. The molecule has 1 aromatic carbocycles. The molecule has 0 saturated carbocycles. The van der Waals surface area contributed by atoms with E-state index in [9.17, 15) is 22.4 Å². The van der Waals surface area contributed by atoms with E-state index in [0.29, 0.717) is 18.5 Å². The molecule has 2 saturated heterocycles. The van der Waals surface area contributed by atoms with Crippen molar-refractivity contribution >= 4 is 11.9 Å². The summed E-state index contributed by atoms with van der Waals surface area (Å²) in [6, 6.07) is 7.45. The second-order valence-electron chi connectivity index (χ2n) is 5.97. The average molecular weight is 362 g/mol. The van der Waals surface area contributed by atoms with Crippen LogP contribution in [0.3, 0.4) is 0 Å². The van der Waals surface area contributed by atoms with Crippen molar-refractivity contribution in [2.75, 3.05) is 6.54 Å². The lowest BCUT2D eigenvalue weighted by Gasteiger charge is -2.32. The first kappa shape index (κ1) is 19.2. The third kappa shape index (κ3) is 5.42. The van der Waals surface area contributed by atoms with Crippen LogP contribution in [0.2, 0.25) is 0 Å². The van der Waals surface area contributed by atoms with Crippen LogP contribution in [0, 0.1) is 5.82 Å². The summed E-state index contributed by atoms with van der Waals surface area (Å²) in [5.74, 6) is -2.77. The predicted octanol–water partition coefficient (Wildman–Crippen LogP) is 2.31. The number of alkyl halides is 3. The molecule has 5 nitrogen and oxygen atoms in total. The Hall–Kier alpha value is -2.16. The number of hydrogen-bond donors (Lipinski definition) is 2. The third-order valence-corrected chi connectivity index (χ3v) is 4.22. The topological polar surface area (TPSA) is 69.6 Å². The number of carboxylic acids is 1. The minimum Gasteiger partial charge on any atom is -0.475 e.